The summed E-state index contributed by atoms with van der Waals surface area (Å²) in [4.78, 5) is 0. The highest BCUT2D eigenvalue weighted by molar-refractivity contribution is 5.72. The van der Waals surface area contributed by atoms with Crippen molar-refractivity contribution in [3.63, 3.8) is 0 Å². The number of hydrogen-bond donors (Lipinski definition) is 0. The molecule has 1 aliphatic rings. The first-order valence-corrected chi connectivity index (χ1v) is 4.03. The fourth-order valence-electron chi connectivity index (χ4n) is 1.89. The lowest BCUT2D eigenvalue weighted by molar-refractivity contribution is 0.869. The van der Waals surface area contributed by atoms with Crippen LogP contribution in [0.3, 0.4) is 0 Å². The van der Waals surface area contributed by atoms with E-state index in [0.717, 1.165) is 6.42 Å². The molecule has 0 aliphatic heterocycles. The van der Waals surface area contributed by atoms with Crippen LogP contribution in [0.4, 0.5) is 0 Å². The summed E-state index contributed by atoms with van der Waals surface area (Å²) in [6.45, 7) is 6.22. The van der Waals surface area contributed by atoms with Crippen molar-refractivity contribution in [2.24, 2.45) is 7.05 Å². The molecule has 0 bridgehead atoms. The number of nitrogens with zero attached hydrogens (tertiary/aromatic N) is 1. The lowest BCUT2D eigenvalue weighted by atomic mass is 10.1. The molecule has 0 aromatic carbocycles. The van der Waals surface area contributed by atoms with E-state index >= 15 is 0 Å². The Kier molecular flexibility index (Phi) is 1.22. The normalized spacial score (nSPS) is 15.6. The Balaban J connectivity index is 2.67. The molecule has 1 aromatic rings. The second kappa shape index (κ2) is 2.00. The minimum absolute atomic E-state index is 1.16. The van der Waals surface area contributed by atoms with Gasteiger partial charge in [0.2, 0.25) is 0 Å². The SMILES string of the molecule is C=C1CCc2cn(C)c(C)c21. The average Bonchev–Trinajstić information content (AvgIpc) is 2.41. The largest absolute Gasteiger partial charge is 0.354 e. The van der Waals surface area contributed by atoms with Gasteiger partial charge >= 0.3 is 0 Å². The van der Waals surface area contributed by atoms with Gasteiger partial charge in [-0.05, 0) is 30.9 Å². The number of hydrogen-bond acceptors (Lipinski definition) is 0. The summed E-state index contributed by atoms with van der Waals surface area (Å²) in [5.41, 5.74) is 5.59. The molecule has 0 unspecified atom stereocenters. The minimum atomic E-state index is 1.16. The van der Waals surface area contributed by atoms with Crippen LogP contribution in [0.1, 0.15) is 23.2 Å². The van der Waals surface area contributed by atoms with E-state index in [1.54, 1.807) is 0 Å². The quantitative estimate of drug-likeness (QED) is 0.530. The van der Waals surface area contributed by atoms with Crippen LogP contribution in [0, 0.1) is 6.92 Å². The van der Waals surface area contributed by atoms with Crippen molar-refractivity contribution in [3.05, 3.63) is 29.6 Å². The molecule has 2 rings (SSSR count). The van der Waals surface area contributed by atoms with Gasteiger partial charge in [-0.3, -0.25) is 0 Å². The molecule has 1 nitrogen and oxygen atoms in total. The van der Waals surface area contributed by atoms with Crippen LogP contribution in [0.25, 0.3) is 5.57 Å². The van der Waals surface area contributed by atoms with Crippen LogP contribution < -0.4 is 0 Å². The third-order valence-corrected chi connectivity index (χ3v) is 2.61. The monoisotopic (exact) mass is 147 g/mol. The average molecular weight is 147 g/mol. The second-order valence-corrected chi connectivity index (χ2v) is 3.33. The number of allylic oxidation sites excluding steroid dienone is 1. The molecule has 0 saturated carbocycles. The Morgan fingerprint density at radius 1 is 1.45 bits per heavy atom. The molecular formula is C10H13N. The first-order chi connectivity index (χ1) is 5.20. The van der Waals surface area contributed by atoms with Crippen LogP contribution in [-0.2, 0) is 13.5 Å². The summed E-state index contributed by atoms with van der Waals surface area (Å²) in [7, 11) is 2.10. The summed E-state index contributed by atoms with van der Waals surface area (Å²) >= 11 is 0. The number of fused-ring (bicyclic) bond motifs is 1. The zero-order valence-electron chi connectivity index (χ0n) is 7.15. The van der Waals surface area contributed by atoms with Gasteiger partial charge in [0.15, 0.2) is 0 Å². The smallest absolute Gasteiger partial charge is 0.0218 e. The zero-order valence-corrected chi connectivity index (χ0v) is 7.15. The maximum absolute atomic E-state index is 4.06. The predicted octanol–water partition coefficient (Wildman–Crippen LogP) is 2.29. The number of aromatic nitrogens is 1. The Morgan fingerprint density at radius 3 is 2.82 bits per heavy atom. The number of aryl methyl sites for hydroxylation is 2. The topological polar surface area (TPSA) is 4.93 Å². The molecule has 11 heavy (non-hydrogen) atoms. The van der Waals surface area contributed by atoms with E-state index in [1.807, 2.05) is 0 Å². The maximum atomic E-state index is 4.06. The lowest BCUT2D eigenvalue weighted by Gasteiger charge is -1.99. The van der Waals surface area contributed by atoms with Crippen molar-refractivity contribution in [2.75, 3.05) is 0 Å². The van der Waals surface area contributed by atoms with E-state index in [-0.39, 0.29) is 0 Å². The first kappa shape index (κ1) is 6.71. The Morgan fingerprint density at radius 2 is 2.18 bits per heavy atom. The molecule has 0 amide bonds. The maximum Gasteiger partial charge on any atom is 0.0218 e. The van der Waals surface area contributed by atoms with Crippen molar-refractivity contribution < 1.29 is 0 Å². The third-order valence-electron chi connectivity index (χ3n) is 2.61. The predicted molar refractivity (Wildman–Crippen MR) is 47.5 cm³/mol. The molecule has 0 atom stereocenters. The molecule has 0 N–H and O–H groups in total. The van der Waals surface area contributed by atoms with E-state index in [4.69, 9.17) is 0 Å². The molecule has 0 spiro atoms. The van der Waals surface area contributed by atoms with Gasteiger partial charge in [0.25, 0.3) is 0 Å². The highest BCUT2D eigenvalue weighted by Gasteiger charge is 2.18. The molecule has 58 valence electrons. The van der Waals surface area contributed by atoms with E-state index in [0.29, 0.717) is 0 Å². The molecule has 1 aliphatic carbocycles. The fourth-order valence-corrected chi connectivity index (χ4v) is 1.89. The van der Waals surface area contributed by atoms with Crippen molar-refractivity contribution in [1.82, 2.24) is 4.57 Å². The highest BCUT2D eigenvalue weighted by atomic mass is 14.9. The van der Waals surface area contributed by atoms with Gasteiger partial charge in [-0.25, -0.2) is 0 Å². The zero-order chi connectivity index (χ0) is 8.01. The van der Waals surface area contributed by atoms with Gasteiger partial charge in [-0.1, -0.05) is 6.58 Å². The molecule has 0 fully saturated rings. The van der Waals surface area contributed by atoms with Crippen LogP contribution in [0.5, 0.6) is 0 Å². The van der Waals surface area contributed by atoms with Crippen molar-refractivity contribution in [1.29, 1.82) is 0 Å². The van der Waals surface area contributed by atoms with E-state index in [1.165, 1.54) is 28.8 Å². The van der Waals surface area contributed by atoms with Gasteiger partial charge in [0.1, 0.15) is 0 Å². The van der Waals surface area contributed by atoms with Gasteiger partial charge in [-0.2, -0.15) is 0 Å². The Labute approximate surface area is 67.3 Å². The van der Waals surface area contributed by atoms with E-state index in [2.05, 4.69) is 31.3 Å². The molecular weight excluding hydrogens is 134 g/mol. The highest BCUT2D eigenvalue weighted by Crippen LogP contribution is 2.33. The standard InChI is InChI=1S/C10H13N/c1-7-4-5-9-6-11(3)8(2)10(7)9/h6H,1,4-5H2,2-3H3. The lowest BCUT2D eigenvalue weighted by Crippen LogP contribution is -1.90. The first-order valence-electron chi connectivity index (χ1n) is 4.03. The third kappa shape index (κ3) is 0.770. The van der Waals surface area contributed by atoms with Crippen LogP contribution in [0.2, 0.25) is 0 Å². The van der Waals surface area contributed by atoms with Crippen LogP contribution >= 0.6 is 0 Å². The molecule has 0 saturated heterocycles. The Bertz CT molecular complexity index is 318. The van der Waals surface area contributed by atoms with E-state index in [9.17, 15) is 0 Å². The minimum Gasteiger partial charge on any atom is -0.354 e. The summed E-state index contributed by atoms with van der Waals surface area (Å²) in [5.74, 6) is 0. The molecule has 1 heteroatoms. The van der Waals surface area contributed by atoms with E-state index < -0.39 is 0 Å². The van der Waals surface area contributed by atoms with Crippen molar-refractivity contribution in [3.8, 4) is 0 Å². The van der Waals surface area contributed by atoms with Gasteiger partial charge in [0, 0.05) is 24.5 Å². The van der Waals surface area contributed by atoms with Crippen LogP contribution in [0.15, 0.2) is 12.8 Å². The molecule has 1 aromatic heterocycles. The van der Waals surface area contributed by atoms with Gasteiger partial charge in [0.05, 0.1) is 0 Å². The summed E-state index contributed by atoms with van der Waals surface area (Å²) in [5, 5.41) is 0. The van der Waals surface area contributed by atoms with Gasteiger partial charge < -0.3 is 4.57 Å². The molecule has 0 radical (unpaired) electrons. The Hall–Kier alpha value is -0.980. The number of rotatable bonds is 0. The molecule has 1 heterocycles. The second-order valence-electron chi connectivity index (χ2n) is 3.33. The fraction of sp³-hybridized carbons (Fsp3) is 0.400. The summed E-state index contributed by atoms with van der Waals surface area (Å²) in [6, 6.07) is 0. The van der Waals surface area contributed by atoms with Gasteiger partial charge in [-0.15, -0.1) is 0 Å². The van der Waals surface area contributed by atoms with Crippen molar-refractivity contribution in [2.45, 2.75) is 19.8 Å². The summed E-state index contributed by atoms with van der Waals surface area (Å²) < 4.78 is 2.19. The van der Waals surface area contributed by atoms with Crippen LogP contribution in [-0.4, -0.2) is 4.57 Å². The summed E-state index contributed by atoms with van der Waals surface area (Å²) in [6.07, 6.45) is 4.57. The van der Waals surface area contributed by atoms with Crippen molar-refractivity contribution >= 4 is 5.57 Å².